The van der Waals surface area contributed by atoms with Gasteiger partial charge in [0.2, 0.25) is 0 Å². The molecule has 0 spiro atoms. The van der Waals surface area contributed by atoms with E-state index in [1.54, 1.807) is 13.0 Å². The van der Waals surface area contributed by atoms with Crippen molar-refractivity contribution >= 4 is 17.9 Å². The molecular weight excluding hydrogens is 224 g/mol. The summed E-state index contributed by atoms with van der Waals surface area (Å²) in [6.07, 6.45) is 0. The number of hydrogen-bond donors (Lipinski definition) is 2. The van der Waals surface area contributed by atoms with Gasteiger partial charge in [-0.25, -0.2) is 4.79 Å². The third-order valence-corrected chi connectivity index (χ3v) is 1.87. The van der Waals surface area contributed by atoms with Gasteiger partial charge in [0.1, 0.15) is 5.75 Å². The summed E-state index contributed by atoms with van der Waals surface area (Å²) in [6.45, 7) is 2.98. The van der Waals surface area contributed by atoms with Crippen LogP contribution in [0.15, 0.2) is 18.2 Å². The molecule has 17 heavy (non-hydrogen) atoms. The van der Waals surface area contributed by atoms with E-state index in [0.717, 1.165) is 5.56 Å². The molecular formula is C11H12N2O4. The molecule has 0 unspecified atom stereocenters. The molecule has 0 saturated carbocycles. The third-order valence-electron chi connectivity index (χ3n) is 1.87. The molecule has 0 heterocycles. The Balaban J connectivity index is 3.10. The SMILES string of the molecule is CC(=O)Oc1ccc(C)cc1C(=O)NC(N)=O. The molecule has 0 fully saturated rings. The second-order valence-corrected chi connectivity index (χ2v) is 3.41. The van der Waals surface area contributed by atoms with Gasteiger partial charge in [-0.3, -0.25) is 14.9 Å². The molecule has 0 aromatic heterocycles. The van der Waals surface area contributed by atoms with E-state index in [1.807, 2.05) is 5.32 Å². The number of nitrogens with two attached hydrogens (primary N) is 1. The number of hydrogen-bond acceptors (Lipinski definition) is 4. The minimum Gasteiger partial charge on any atom is -0.426 e. The number of carbonyl (C=O) groups is 3. The van der Waals surface area contributed by atoms with Crippen LogP contribution in [-0.2, 0) is 4.79 Å². The van der Waals surface area contributed by atoms with Crippen LogP contribution in [0.1, 0.15) is 22.8 Å². The number of aryl methyl sites for hydroxylation is 1. The molecule has 0 saturated heterocycles. The van der Waals surface area contributed by atoms with Crippen LogP contribution >= 0.6 is 0 Å². The monoisotopic (exact) mass is 236 g/mol. The summed E-state index contributed by atoms with van der Waals surface area (Å²) in [4.78, 5) is 33.0. The molecule has 1 aromatic rings. The van der Waals surface area contributed by atoms with Gasteiger partial charge in [-0.1, -0.05) is 11.6 Å². The fraction of sp³-hybridized carbons (Fsp3) is 0.182. The molecule has 6 nitrogen and oxygen atoms in total. The zero-order valence-corrected chi connectivity index (χ0v) is 9.44. The third kappa shape index (κ3) is 3.60. The molecule has 0 aliphatic rings. The van der Waals surface area contributed by atoms with Crippen molar-refractivity contribution in [3.8, 4) is 5.75 Å². The average molecular weight is 236 g/mol. The standard InChI is InChI=1S/C11H12N2O4/c1-6-3-4-9(17-7(2)14)8(5-6)10(15)13-11(12)16/h3-5H,1-2H3,(H3,12,13,15,16). The Morgan fingerprint density at radius 3 is 2.47 bits per heavy atom. The van der Waals surface area contributed by atoms with Crippen LogP contribution in [0.5, 0.6) is 5.75 Å². The normalized spacial score (nSPS) is 9.53. The maximum atomic E-state index is 11.6. The number of carbonyl (C=O) groups excluding carboxylic acids is 3. The Labute approximate surface area is 97.7 Å². The van der Waals surface area contributed by atoms with E-state index in [4.69, 9.17) is 10.5 Å². The van der Waals surface area contributed by atoms with E-state index in [2.05, 4.69) is 0 Å². The molecule has 0 radical (unpaired) electrons. The zero-order valence-electron chi connectivity index (χ0n) is 9.44. The molecule has 0 aliphatic carbocycles. The van der Waals surface area contributed by atoms with Crippen LogP contribution in [-0.4, -0.2) is 17.9 Å². The maximum Gasteiger partial charge on any atom is 0.319 e. The number of ether oxygens (including phenoxy) is 1. The van der Waals surface area contributed by atoms with Crippen molar-refractivity contribution in [2.75, 3.05) is 0 Å². The number of urea groups is 1. The van der Waals surface area contributed by atoms with Crippen molar-refractivity contribution < 1.29 is 19.1 Å². The second kappa shape index (κ2) is 5.11. The highest BCUT2D eigenvalue weighted by molar-refractivity contribution is 6.05. The largest absolute Gasteiger partial charge is 0.426 e. The van der Waals surface area contributed by atoms with Crippen LogP contribution in [0.4, 0.5) is 4.79 Å². The summed E-state index contributed by atoms with van der Waals surface area (Å²) in [5, 5.41) is 1.91. The first kappa shape index (κ1) is 12.7. The lowest BCUT2D eigenvalue weighted by atomic mass is 10.1. The summed E-state index contributed by atoms with van der Waals surface area (Å²) in [5.74, 6) is -1.18. The smallest absolute Gasteiger partial charge is 0.319 e. The van der Waals surface area contributed by atoms with E-state index >= 15 is 0 Å². The molecule has 1 rings (SSSR count). The topological polar surface area (TPSA) is 98.5 Å². The molecule has 3 N–H and O–H groups in total. The Morgan fingerprint density at radius 1 is 1.29 bits per heavy atom. The predicted molar refractivity (Wildman–Crippen MR) is 59.5 cm³/mol. The molecule has 6 heteroatoms. The highest BCUT2D eigenvalue weighted by Gasteiger charge is 2.15. The van der Waals surface area contributed by atoms with Gasteiger partial charge in [0.05, 0.1) is 5.56 Å². The molecule has 3 amide bonds. The van der Waals surface area contributed by atoms with Crippen LogP contribution in [0.2, 0.25) is 0 Å². The summed E-state index contributed by atoms with van der Waals surface area (Å²) in [5.41, 5.74) is 5.71. The Morgan fingerprint density at radius 2 is 1.94 bits per heavy atom. The fourth-order valence-corrected chi connectivity index (χ4v) is 1.24. The highest BCUT2D eigenvalue weighted by Crippen LogP contribution is 2.20. The number of imide groups is 1. The summed E-state index contributed by atoms with van der Waals surface area (Å²) in [7, 11) is 0. The van der Waals surface area contributed by atoms with Crippen LogP contribution in [0, 0.1) is 6.92 Å². The number of esters is 1. The second-order valence-electron chi connectivity index (χ2n) is 3.41. The number of rotatable bonds is 2. The van der Waals surface area contributed by atoms with E-state index in [-0.39, 0.29) is 11.3 Å². The van der Waals surface area contributed by atoms with Gasteiger partial charge in [-0.05, 0) is 19.1 Å². The molecule has 0 bridgehead atoms. The Hall–Kier alpha value is -2.37. The van der Waals surface area contributed by atoms with E-state index in [1.165, 1.54) is 19.1 Å². The quantitative estimate of drug-likeness (QED) is 0.584. The van der Waals surface area contributed by atoms with Crippen molar-refractivity contribution in [3.63, 3.8) is 0 Å². The Bertz CT molecular complexity index is 482. The fourth-order valence-electron chi connectivity index (χ4n) is 1.24. The minimum atomic E-state index is -0.967. The van der Waals surface area contributed by atoms with Gasteiger partial charge < -0.3 is 10.5 Å². The lowest BCUT2D eigenvalue weighted by molar-refractivity contribution is -0.131. The number of primary amides is 1. The first-order valence-electron chi connectivity index (χ1n) is 4.80. The van der Waals surface area contributed by atoms with Gasteiger partial charge in [0, 0.05) is 6.92 Å². The maximum absolute atomic E-state index is 11.6. The first-order chi connectivity index (χ1) is 7.90. The summed E-state index contributed by atoms with van der Waals surface area (Å²) < 4.78 is 4.85. The first-order valence-corrected chi connectivity index (χ1v) is 4.80. The molecule has 0 atom stereocenters. The molecule has 1 aromatic carbocycles. The van der Waals surface area contributed by atoms with E-state index < -0.39 is 17.9 Å². The summed E-state index contributed by atoms with van der Waals surface area (Å²) in [6, 6.07) is 3.69. The predicted octanol–water partition coefficient (Wildman–Crippen LogP) is 0.729. The number of benzene rings is 1. The van der Waals surface area contributed by atoms with Gasteiger partial charge in [-0.2, -0.15) is 0 Å². The number of nitrogens with one attached hydrogen (secondary N) is 1. The van der Waals surface area contributed by atoms with Gasteiger partial charge in [0.15, 0.2) is 0 Å². The van der Waals surface area contributed by atoms with Crippen LogP contribution in [0.3, 0.4) is 0 Å². The minimum absolute atomic E-state index is 0.0824. The zero-order chi connectivity index (χ0) is 13.0. The summed E-state index contributed by atoms with van der Waals surface area (Å²) >= 11 is 0. The van der Waals surface area contributed by atoms with Gasteiger partial charge in [-0.15, -0.1) is 0 Å². The van der Waals surface area contributed by atoms with Crippen LogP contribution < -0.4 is 15.8 Å². The highest BCUT2D eigenvalue weighted by atomic mass is 16.5. The van der Waals surface area contributed by atoms with Gasteiger partial charge >= 0.3 is 12.0 Å². The van der Waals surface area contributed by atoms with Crippen LogP contribution in [0.25, 0.3) is 0 Å². The van der Waals surface area contributed by atoms with Crippen molar-refractivity contribution in [2.24, 2.45) is 5.73 Å². The molecule has 90 valence electrons. The van der Waals surface area contributed by atoms with Crippen molar-refractivity contribution in [1.29, 1.82) is 0 Å². The van der Waals surface area contributed by atoms with Crippen molar-refractivity contribution in [3.05, 3.63) is 29.3 Å². The molecule has 0 aliphatic heterocycles. The van der Waals surface area contributed by atoms with Crippen molar-refractivity contribution in [2.45, 2.75) is 13.8 Å². The average Bonchev–Trinajstić information content (AvgIpc) is 2.19. The number of amides is 3. The van der Waals surface area contributed by atoms with E-state index in [0.29, 0.717) is 0 Å². The Kier molecular flexibility index (Phi) is 3.82. The lowest BCUT2D eigenvalue weighted by Gasteiger charge is -2.08. The van der Waals surface area contributed by atoms with E-state index in [9.17, 15) is 14.4 Å². The van der Waals surface area contributed by atoms with Gasteiger partial charge in [0.25, 0.3) is 5.91 Å². The van der Waals surface area contributed by atoms with Crippen molar-refractivity contribution in [1.82, 2.24) is 5.32 Å². The lowest BCUT2D eigenvalue weighted by Crippen LogP contribution is -2.35.